The number of unbranched alkanes of at least 4 members (excludes halogenated alkanes) is 8. The molecule has 27 heavy (non-hydrogen) atoms. The minimum absolute atomic E-state index is 0.136. The zero-order valence-corrected chi connectivity index (χ0v) is 17.2. The summed E-state index contributed by atoms with van der Waals surface area (Å²) in [6.07, 6.45) is 20.2. The van der Waals surface area contributed by atoms with E-state index in [9.17, 15) is 4.79 Å². The van der Waals surface area contributed by atoms with E-state index in [0.29, 0.717) is 6.42 Å². The third-order valence-electron chi connectivity index (χ3n) is 4.41. The van der Waals surface area contributed by atoms with Gasteiger partial charge >= 0.3 is 11.9 Å². The average molecular weight is 385 g/mol. The summed E-state index contributed by atoms with van der Waals surface area (Å²) in [5.41, 5.74) is 0. The van der Waals surface area contributed by atoms with E-state index in [-0.39, 0.29) is 12.8 Å². The van der Waals surface area contributed by atoms with Crippen molar-refractivity contribution >= 4 is 5.97 Å². The van der Waals surface area contributed by atoms with Crippen LogP contribution in [0.2, 0.25) is 0 Å². The van der Waals surface area contributed by atoms with Gasteiger partial charge in [0.1, 0.15) is 0 Å². The van der Waals surface area contributed by atoms with E-state index in [0.717, 1.165) is 38.5 Å². The fourth-order valence-electron chi connectivity index (χ4n) is 2.73. The number of esters is 1. The molecule has 0 aliphatic carbocycles. The molecule has 0 spiro atoms. The van der Waals surface area contributed by atoms with Crippen LogP contribution < -0.4 is 0 Å². The first-order valence-corrected chi connectivity index (χ1v) is 10.6. The summed E-state index contributed by atoms with van der Waals surface area (Å²) in [6, 6.07) is 0. The molecule has 0 aromatic carbocycles. The lowest BCUT2D eigenvalue weighted by molar-refractivity contribution is -0.356. The lowest BCUT2D eigenvalue weighted by atomic mass is 10.1. The lowest BCUT2D eigenvalue weighted by Gasteiger charge is -2.24. The summed E-state index contributed by atoms with van der Waals surface area (Å²) < 4.78 is 4.88. The highest BCUT2D eigenvalue weighted by Crippen LogP contribution is 2.14. The van der Waals surface area contributed by atoms with Crippen molar-refractivity contribution < 1.29 is 24.9 Å². The summed E-state index contributed by atoms with van der Waals surface area (Å²) in [7, 11) is 0. The van der Waals surface area contributed by atoms with Crippen molar-refractivity contribution in [2.24, 2.45) is 0 Å². The molecule has 0 heterocycles. The van der Waals surface area contributed by atoms with E-state index in [4.69, 9.17) is 20.1 Å². The van der Waals surface area contributed by atoms with Gasteiger partial charge in [-0.05, 0) is 44.9 Å². The fourth-order valence-corrected chi connectivity index (χ4v) is 2.73. The highest BCUT2D eigenvalue weighted by Gasteiger charge is 2.33. The molecular formula is C22H40O5. The first kappa shape index (κ1) is 25.8. The number of carbonyl (C=O) groups excluding carboxylic acids is 1. The van der Waals surface area contributed by atoms with Gasteiger partial charge in [0.05, 0.1) is 0 Å². The smallest absolute Gasteiger partial charge is 0.314 e. The molecule has 0 fully saturated rings. The monoisotopic (exact) mass is 384 g/mol. The molecule has 0 aromatic rings. The van der Waals surface area contributed by atoms with E-state index < -0.39 is 18.0 Å². The van der Waals surface area contributed by atoms with Crippen LogP contribution in [-0.4, -0.2) is 33.4 Å². The Morgan fingerprint density at radius 3 is 1.96 bits per heavy atom. The van der Waals surface area contributed by atoms with Crippen LogP contribution in [0.1, 0.15) is 97.3 Å². The maximum absolute atomic E-state index is 11.6. The fraction of sp³-hybridized carbons (Fsp3) is 0.773. The number of carbonyl (C=O) groups is 1. The zero-order chi connectivity index (χ0) is 20.4. The number of allylic oxidation sites excluding steroid dienone is 4. The molecule has 0 aliphatic heterocycles. The molecule has 0 amide bonds. The van der Waals surface area contributed by atoms with Gasteiger partial charge in [-0.25, -0.2) is 0 Å². The van der Waals surface area contributed by atoms with Crippen molar-refractivity contribution in [2.45, 2.75) is 109 Å². The van der Waals surface area contributed by atoms with Gasteiger partial charge in [0.25, 0.3) is 0 Å². The Labute approximate surface area is 165 Å². The molecule has 3 N–H and O–H groups in total. The minimum atomic E-state index is -2.97. The van der Waals surface area contributed by atoms with Crippen LogP contribution in [0, 0.1) is 0 Å². The number of ether oxygens (including phenoxy) is 1. The SMILES string of the molecule is CCCCC/C=C\C/C=C\CCCCCCCC(=O)OC(CC)C(O)(O)O. The summed E-state index contributed by atoms with van der Waals surface area (Å²) >= 11 is 0. The van der Waals surface area contributed by atoms with Crippen LogP contribution in [0.4, 0.5) is 0 Å². The second-order valence-corrected chi connectivity index (χ2v) is 7.05. The van der Waals surface area contributed by atoms with Crippen LogP contribution in [0.3, 0.4) is 0 Å². The van der Waals surface area contributed by atoms with Gasteiger partial charge in [0, 0.05) is 6.42 Å². The molecule has 0 bridgehead atoms. The Balaban J connectivity index is 3.51. The Hall–Kier alpha value is -1.17. The molecule has 1 atom stereocenters. The van der Waals surface area contributed by atoms with Crippen LogP contribution >= 0.6 is 0 Å². The van der Waals surface area contributed by atoms with Crippen molar-refractivity contribution in [2.75, 3.05) is 0 Å². The molecule has 0 radical (unpaired) electrons. The minimum Gasteiger partial charge on any atom is -0.454 e. The van der Waals surface area contributed by atoms with Crippen LogP contribution in [0.25, 0.3) is 0 Å². The number of rotatable bonds is 17. The van der Waals surface area contributed by atoms with Gasteiger partial charge in [-0.15, -0.1) is 0 Å². The topological polar surface area (TPSA) is 87.0 Å². The van der Waals surface area contributed by atoms with Crippen molar-refractivity contribution in [3.8, 4) is 0 Å². The largest absolute Gasteiger partial charge is 0.454 e. The van der Waals surface area contributed by atoms with Gasteiger partial charge in [-0.1, -0.05) is 70.3 Å². The van der Waals surface area contributed by atoms with Gasteiger partial charge < -0.3 is 20.1 Å². The van der Waals surface area contributed by atoms with Crippen molar-refractivity contribution in [3.63, 3.8) is 0 Å². The quantitative estimate of drug-likeness (QED) is 0.146. The number of aliphatic hydroxyl groups is 3. The Morgan fingerprint density at radius 2 is 1.41 bits per heavy atom. The molecule has 158 valence electrons. The van der Waals surface area contributed by atoms with E-state index in [1.807, 2.05) is 0 Å². The number of hydrogen-bond donors (Lipinski definition) is 3. The third kappa shape index (κ3) is 16.7. The van der Waals surface area contributed by atoms with Crippen molar-refractivity contribution in [3.05, 3.63) is 24.3 Å². The first-order chi connectivity index (χ1) is 12.9. The van der Waals surface area contributed by atoms with Gasteiger partial charge in [-0.3, -0.25) is 4.79 Å². The Bertz CT molecular complexity index is 409. The highest BCUT2D eigenvalue weighted by atomic mass is 16.7. The highest BCUT2D eigenvalue weighted by molar-refractivity contribution is 5.69. The maximum atomic E-state index is 11.6. The summed E-state index contributed by atoms with van der Waals surface area (Å²) in [6.45, 7) is 3.83. The molecule has 0 aromatic heterocycles. The summed E-state index contributed by atoms with van der Waals surface area (Å²) in [5.74, 6) is -3.47. The molecule has 0 saturated carbocycles. The lowest BCUT2D eigenvalue weighted by Crippen LogP contribution is -2.44. The first-order valence-electron chi connectivity index (χ1n) is 10.6. The van der Waals surface area contributed by atoms with Crippen LogP contribution in [0.5, 0.6) is 0 Å². The molecular weight excluding hydrogens is 344 g/mol. The van der Waals surface area contributed by atoms with Crippen LogP contribution in [-0.2, 0) is 9.53 Å². The molecule has 0 saturated heterocycles. The van der Waals surface area contributed by atoms with Gasteiger partial charge in [-0.2, -0.15) is 0 Å². The molecule has 0 aliphatic rings. The molecule has 0 rings (SSSR count). The van der Waals surface area contributed by atoms with E-state index in [2.05, 4.69) is 31.2 Å². The van der Waals surface area contributed by atoms with Gasteiger partial charge in [0.2, 0.25) is 0 Å². The number of hydrogen-bond acceptors (Lipinski definition) is 5. The Kier molecular flexibility index (Phi) is 16.2. The second kappa shape index (κ2) is 17.0. The third-order valence-corrected chi connectivity index (χ3v) is 4.41. The zero-order valence-electron chi connectivity index (χ0n) is 17.2. The summed E-state index contributed by atoms with van der Waals surface area (Å²) in [4.78, 5) is 11.6. The van der Waals surface area contributed by atoms with E-state index in [1.54, 1.807) is 6.92 Å². The maximum Gasteiger partial charge on any atom is 0.314 e. The predicted octanol–water partition coefficient (Wildman–Crippen LogP) is 4.75. The average Bonchev–Trinajstić information content (AvgIpc) is 2.62. The van der Waals surface area contributed by atoms with Crippen molar-refractivity contribution in [1.29, 1.82) is 0 Å². The van der Waals surface area contributed by atoms with Crippen LogP contribution in [0.15, 0.2) is 24.3 Å². The normalized spacial score (nSPS) is 13.5. The van der Waals surface area contributed by atoms with E-state index in [1.165, 1.54) is 25.7 Å². The second-order valence-electron chi connectivity index (χ2n) is 7.05. The molecule has 5 heteroatoms. The Morgan fingerprint density at radius 1 is 0.852 bits per heavy atom. The predicted molar refractivity (Wildman–Crippen MR) is 109 cm³/mol. The summed E-state index contributed by atoms with van der Waals surface area (Å²) in [5, 5.41) is 27.2. The van der Waals surface area contributed by atoms with Crippen molar-refractivity contribution in [1.82, 2.24) is 0 Å². The van der Waals surface area contributed by atoms with E-state index >= 15 is 0 Å². The molecule has 5 nitrogen and oxygen atoms in total. The van der Waals surface area contributed by atoms with Gasteiger partial charge in [0.15, 0.2) is 6.10 Å². The standard InChI is InChI=1S/C22H40O5/c1-3-5-6-7-8-9-10-11-12-13-14-15-16-17-18-19-21(23)27-20(4-2)22(24,25)26/h8-9,11-12,20,24-26H,3-7,10,13-19H2,1-2H3/b9-8-,12-11-. The molecule has 1 unspecified atom stereocenters.